The smallest absolute Gasteiger partial charge is 0.177 e. The molecule has 6 heteroatoms. The van der Waals surface area contributed by atoms with Gasteiger partial charge in [-0.15, -0.1) is 0 Å². The SMILES string of the molecule is CCCCC[C@H](C)CN=C1NN=C(c2ccc(Cl)cc2Cl)CS1. The van der Waals surface area contributed by atoms with E-state index in [9.17, 15) is 0 Å². The minimum absolute atomic E-state index is 0.618. The number of hydrazone groups is 1. The van der Waals surface area contributed by atoms with Crippen molar-refractivity contribution in [1.82, 2.24) is 5.43 Å². The summed E-state index contributed by atoms with van der Waals surface area (Å²) in [4.78, 5) is 4.63. The lowest BCUT2D eigenvalue weighted by atomic mass is 10.0. The lowest BCUT2D eigenvalue weighted by Gasteiger charge is -2.16. The van der Waals surface area contributed by atoms with Crippen LogP contribution in [0.2, 0.25) is 10.0 Å². The van der Waals surface area contributed by atoms with Crippen LogP contribution in [0.3, 0.4) is 0 Å². The number of amidine groups is 1. The molecular formula is C17H23Cl2N3S. The Morgan fingerprint density at radius 1 is 1.35 bits per heavy atom. The first-order chi connectivity index (χ1) is 11.1. The highest BCUT2D eigenvalue weighted by atomic mass is 35.5. The van der Waals surface area contributed by atoms with Gasteiger partial charge in [0.1, 0.15) is 0 Å². The number of aliphatic imine (C=N–C) groups is 1. The molecule has 3 nitrogen and oxygen atoms in total. The molecule has 1 heterocycles. The van der Waals surface area contributed by atoms with Crippen LogP contribution >= 0.6 is 35.0 Å². The van der Waals surface area contributed by atoms with Crippen LogP contribution < -0.4 is 5.43 Å². The average molecular weight is 372 g/mol. The number of hydrogen-bond donors (Lipinski definition) is 1. The van der Waals surface area contributed by atoms with Crippen LogP contribution in [0.4, 0.5) is 0 Å². The molecule has 1 aromatic carbocycles. The van der Waals surface area contributed by atoms with E-state index in [-0.39, 0.29) is 0 Å². The van der Waals surface area contributed by atoms with Crippen molar-refractivity contribution in [3.63, 3.8) is 0 Å². The van der Waals surface area contributed by atoms with Gasteiger partial charge in [0.25, 0.3) is 0 Å². The van der Waals surface area contributed by atoms with Gasteiger partial charge in [-0.25, -0.2) is 0 Å². The Morgan fingerprint density at radius 3 is 2.83 bits per heavy atom. The van der Waals surface area contributed by atoms with Crippen molar-refractivity contribution in [3.05, 3.63) is 33.8 Å². The molecule has 0 amide bonds. The van der Waals surface area contributed by atoms with Crippen LogP contribution in [-0.4, -0.2) is 23.2 Å². The second-order valence-corrected chi connectivity index (χ2v) is 7.64. The third kappa shape index (κ3) is 6.02. The molecule has 0 aliphatic carbocycles. The second-order valence-electron chi connectivity index (χ2n) is 5.83. The van der Waals surface area contributed by atoms with Gasteiger partial charge in [-0.3, -0.25) is 10.4 Å². The zero-order chi connectivity index (χ0) is 16.7. The minimum atomic E-state index is 0.618. The Balaban J connectivity index is 1.89. The summed E-state index contributed by atoms with van der Waals surface area (Å²) >= 11 is 13.8. The maximum atomic E-state index is 6.23. The number of benzene rings is 1. The van der Waals surface area contributed by atoms with Crippen molar-refractivity contribution >= 4 is 45.8 Å². The molecule has 0 radical (unpaired) electrons. The summed E-state index contributed by atoms with van der Waals surface area (Å²) in [5.74, 6) is 1.38. The highest BCUT2D eigenvalue weighted by Gasteiger charge is 2.15. The third-order valence-corrected chi connectivity index (χ3v) is 5.18. The van der Waals surface area contributed by atoms with E-state index in [1.54, 1.807) is 17.8 Å². The quantitative estimate of drug-likeness (QED) is 0.632. The number of hydrogen-bond acceptors (Lipinski definition) is 3. The van der Waals surface area contributed by atoms with Crippen LogP contribution in [0.1, 0.15) is 45.1 Å². The summed E-state index contributed by atoms with van der Waals surface area (Å²) in [6, 6.07) is 5.48. The third-order valence-electron chi connectivity index (χ3n) is 3.72. The summed E-state index contributed by atoms with van der Waals surface area (Å²) in [5, 5.41) is 6.57. The maximum Gasteiger partial charge on any atom is 0.177 e. The van der Waals surface area contributed by atoms with Gasteiger partial charge in [-0.1, -0.05) is 74.1 Å². The Bertz CT molecular complexity index is 587. The van der Waals surface area contributed by atoms with E-state index in [0.29, 0.717) is 16.0 Å². The van der Waals surface area contributed by atoms with Gasteiger partial charge in [0.15, 0.2) is 5.17 Å². The second kappa shape index (κ2) is 9.55. The molecule has 0 spiro atoms. The Labute approximate surface area is 152 Å². The first-order valence-corrected chi connectivity index (χ1v) is 9.79. The molecule has 0 unspecified atom stereocenters. The van der Waals surface area contributed by atoms with Crippen molar-refractivity contribution in [3.8, 4) is 0 Å². The van der Waals surface area contributed by atoms with E-state index in [0.717, 1.165) is 28.7 Å². The summed E-state index contributed by atoms with van der Waals surface area (Å²) in [5.41, 5.74) is 4.88. The number of halogens is 2. The van der Waals surface area contributed by atoms with E-state index < -0.39 is 0 Å². The molecule has 0 aromatic heterocycles. The van der Waals surface area contributed by atoms with Crippen molar-refractivity contribution in [1.29, 1.82) is 0 Å². The van der Waals surface area contributed by atoms with Gasteiger partial charge in [-0.05, 0) is 24.5 Å². The monoisotopic (exact) mass is 371 g/mol. The molecular weight excluding hydrogens is 349 g/mol. The van der Waals surface area contributed by atoms with E-state index >= 15 is 0 Å². The van der Waals surface area contributed by atoms with Gasteiger partial charge in [0.05, 0.1) is 10.7 Å². The van der Waals surface area contributed by atoms with Gasteiger partial charge < -0.3 is 0 Å². The molecule has 0 saturated heterocycles. The Kier molecular flexibility index (Phi) is 7.74. The number of thioether (sulfide) groups is 1. The van der Waals surface area contributed by atoms with Crippen molar-refractivity contribution in [2.24, 2.45) is 16.0 Å². The number of unbranched alkanes of at least 4 members (excludes halogenated alkanes) is 2. The topological polar surface area (TPSA) is 36.8 Å². The zero-order valence-electron chi connectivity index (χ0n) is 13.6. The zero-order valence-corrected chi connectivity index (χ0v) is 15.9. The van der Waals surface area contributed by atoms with Crippen LogP contribution in [-0.2, 0) is 0 Å². The number of nitrogens with one attached hydrogen (secondary N) is 1. The molecule has 2 rings (SSSR count). The molecule has 0 bridgehead atoms. The standard InChI is InChI=1S/C17H23Cl2N3S/c1-3-4-5-6-12(2)10-20-17-22-21-16(11-23-17)14-8-7-13(18)9-15(14)19/h7-9,12H,3-6,10-11H2,1-2H3,(H,20,22)/t12-/m0/s1. The number of rotatable bonds is 7. The highest BCUT2D eigenvalue weighted by Crippen LogP contribution is 2.24. The largest absolute Gasteiger partial charge is 0.261 e. The Morgan fingerprint density at radius 2 is 2.17 bits per heavy atom. The van der Waals surface area contributed by atoms with Gasteiger partial charge >= 0.3 is 0 Å². The fourth-order valence-corrected chi connectivity index (χ4v) is 3.62. The molecule has 23 heavy (non-hydrogen) atoms. The van der Waals surface area contributed by atoms with Gasteiger partial charge in [-0.2, -0.15) is 5.10 Å². The summed E-state index contributed by atoms with van der Waals surface area (Å²) in [6.07, 6.45) is 5.11. The lowest BCUT2D eigenvalue weighted by Crippen LogP contribution is -2.26. The highest BCUT2D eigenvalue weighted by molar-refractivity contribution is 8.14. The minimum Gasteiger partial charge on any atom is -0.261 e. The first-order valence-electron chi connectivity index (χ1n) is 8.05. The molecule has 1 N–H and O–H groups in total. The predicted molar refractivity (Wildman–Crippen MR) is 104 cm³/mol. The van der Waals surface area contributed by atoms with Crippen LogP contribution in [0.5, 0.6) is 0 Å². The molecule has 0 saturated carbocycles. The average Bonchev–Trinajstić information content (AvgIpc) is 2.54. The normalized spacial score (nSPS) is 17.7. The Hall–Kier alpha value is -0.710. The fraction of sp³-hybridized carbons (Fsp3) is 0.529. The van der Waals surface area contributed by atoms with Crippen LogP contribution in [0.25, 0.3) is 0 Å². The molecule has 126 valence electrons. The van der Waals surface area contributed by atoms with E-state index in [1.807, 2.05) is 12.1 Å². The molecule has 1 atom stereocenters. The molecule has 1 aliphatic heterocycles. The van der Waals surface area contributed by atoms with Crippen LogP contribution in [0, 0.1) is 5.92 Å². The summed E-state index contributed by atoms with van der Waals surface area (Å²) < 4.78 is 0. The van der Waals surface area contributed by atoms with Crippen LogP contribution in [0.15, 0.2) is 28.3 Å². The van der Waals surface area contributed by atoms with Crippen molar-refractivity contribution in [2.75, 3.05) is 12.3 Å². The van der Waals surface area contributed by atoms with E-state index in [2.05, 4.69) is 29.4 Å². The van der Waals surface area contributed by atoms with E-state index in [4.69, 9.17) is 23.2 Å². The van der Waals surface area contributed by atoms with Crippen molar-refractivity contribution in [2.45, 2.75) is 39.5 Å². The first kappa shape index (κ1) is 18.6. The maximum absolute atomic E-state index is 6.23. The summed E-state index contributed by atoms with van der Waals surface area (Å²) in [6.45, 7) is 5.34. The van der Waals surface area contributed by atoms with Crippen molar-refractivity contribution < 1.29 is 0 Å². The lowest BCUT2D eigenvalue weighted by molar-refractivity contribution is 0.505. The van der Waals surface area contributed by atoms with E-state index in [1.165, 1.54) is 25.7 Å². The summed E-state index contributed by atoms with van der Waals surface area (Å²) in [7, 11) is 0. The fourth-order valence-electron chi connectivity index (χ4n) is 2.33. The number of nitrogens with zero attached hydrogens (tertiary/aromatic N) is 2. The molecule has 1 aromatic rings. The van der Waals surface area contributed by atoms with Gasteiger partial charge in [0.2, 0.25) is 0 Å². The molecule has 0 fully saturated rings. The molecule has 1 aliphatic rings. The van der Waals surface area contributed by atoms with Gasteiger partial charge in [0, 0.05) is 22.9 Å². The predicted octanol–water partition coefficient (Wildman–Crippen LogP) is 5.61.